The Kier molecular flexibility index (Phi) is 3.39. The molecule has 23 heavy (non-hydrogen) atoms. The highest BCUT2D eigenvalue weighted by Crippen LogP contribution is 2.51. The van der Waals surface area contributed by atoms with Crippen LogP contribution < -0.4 is 10.2 Å². The molecule has 1 N–H and O–H groups in total. The molecule has 1 saturated heterocycles. The van der Waals surface area contributed by atoms with Crippen LogP contribution in [0.1, 0.15) is 44.1 Å². The van der Waals surface area contributed by atoms with Gasteiger partial charge in [0.2, 0.25) is 11.8 Å². The minimum atomic E-state index is -0.200. The summed E-state index contributed by atoms with van der Waals surface area (Å²) in [4.78, 5) is 26.1. The van der Waals surface area contributed by atoms with E-state index < -0.39 is 0 Å². The van der Waals surface area contributed by atoms with Gasteiger partial charge in [0.05, 0.1) is 11.6 Å². The molecule has 2 amide bonds. The Morgan fingerprint density at radius 1 is 1.30 bits per heavy atom. The summed E-state index contributed by atoms with van der Waals surface area (Å²) in [5, 5.41) is 2.77. The van der Waals surface area contributed by atoms with Gasteiger partial charge in [0.25, 0.3) is 0 Å². The summed E-state index contributed by atoms with van der Waals surface area (Å²) in [6, 6.07) is 5.06. The van der Waals surface area contributed by atoms with Crippen molar-refractivity contribution in [1.82, 2.24) is 5.32 Å². The lowest BCUT2D eigenvalue weighted by molar-refractivity contribution is -0.127. The first kappa shape index (κ1) is 14.7. The molecule has 0 bridgehead atoms. The second-order valence-electron chi connectivity index (χ2n) is 7.09. The summed E-state index contributed by atoms with van der Waals surface area (Å²) in [7, 11) is 0. The van der Waals surface area contributed by atoms with E-state index in [4.69, 9.17) is 0 Å². The zero-order chi connectivity index (χ0) is 16.0. The van der Waals surface area contributed by atoms with Crippen LogP contribution in [0.3, 0.4) is 0 Å². The fourth-order valence-corrected chi connectivity index (χ4v) is 4.55. The predicted molar refractivity (Wildman–Crippen MR) is 84.6 cm³/mol. The molecular weight excluding hydrogens is 295 g/mol. The zero-order valence-electron chi connectivity index (χ0n) is 13.1. The lowest BCUT2D eigenvalue weighted by Gasteiger charge is -2.29. The minimum Gasteiger partial charge on any atom is -0.355 e. The van der Waals surface area contributed by atoms with Crippen LogP contribution in [0.4, 0.5) is 10.1 Å². The molecule has 2 heterocycles. The highest BCUT2D eigenvalue weighted by molar-refractivity contribution is 5.99. The maximum Gasteiger partial charge on any atom is 0.231 e. The van der Waals surface area contributed by atoms with Gasteiger partial charge in [0.15, 0.2) is 0 Å². The number of benzene rings is 1. The largest absolute Gasteiger partial charge is 0.355 e. The number of hydrogen-bond donors (Lipinski definition) is 1. The Bertz CT molecular complexity index is 657. The fraction of sp³-hybridized carbons (Fsp3) is 0.556. The number of carbonyl (C=O) groups excluding carboxylic acids is 2. The number of rotatable bonds is 1. The molecule has 1 atom stereocenters. The summed E-state index contributed by atoms with van der Waals surface area (Å²) in [5.41, 5.74) is 1.29. The van der Waals surface area contributed by atoms with Crippen LogP contribution in [0.25, 0.3) is 0 Å². The van der Waals surface area contributed by atoms with Gasteiger partial charge < -0.3 is 10.2 Å². The molecule has 1 saturated carbocycles. The standard InChI is InChI=1S/C18H21FN2O2/c19-13-4-3-5-14-16(13)18(8-1-2-9-18)11-21(14)17(23)12-6-7-15(22)20-10-12/h3-5,12H,1-2,6-11H2,(H,20,22)/t12-/m0/s1. The minimum absolute atomic E-state index is 0.00850. The zero-order valence-corrected chi connectivity index (χ0v) is 13.1. The van der Waals surface area contributed by atoms with E-state index >= 15 is 0 Å². The van der Waals surface area contributed by atoms with Crippen molar-refractivity contribution in [2.75, 3.05) is 18.0 Å². The summed E-state index contributed by atoms with van der Waals surface area (Å²) in [6.07, 6.45) is 5.06. The van der Waals surface area contributed by atoms with Crippen molar-refractivity contribution in [3.8, 4) is 0 Å². The van der Waals surface area contributed by atoms with Crippen LogP contribution in [0.5, 0.6) is 0 Å². The van der Waals surface area contributed by atoms with Crippen molar-refractivity contribution in [3.63, 3.8) is 0 Å². The van der Waals surface area contributed by atoms with Crippen molar-refractivity contribution >= 4 is 17.5 Å². The smallest absolute Gasteiger partial charge is 0.231 e. The lowest BCUT2D eigenvalue weighted by atomic mass is 9.80. The highest BCUT2D eigenvalue weighted by atomic mass is 19.1. The van der Waals surface area contributed by atoms with E-state index in [0.717, 1.165) is 36.9 Å². The van der Waals surface area contributed by atoms with Gasteiger partial charge in [0.1, 0.15) is 5.82 Å². The predicted octanol–water partition coefficient (Wildman–Crippen LogP) is 2.51. The first-order chi connectivity index (χ1) is 11.1. The Balaban J connectivity index is 1.67. The van der Waals surface area contributed by atoms with Crippen molar-refractivity contribution in [2.45, 2.75) is 43.9 Å². The molecule has 122 valence electrons. The number of anilines is 1. The molecule has 1 aromatic rings. The monoisotopic (exact) mass is 316 g/mol. The van der Waals surface area contributed by atoms with Crippen molar-refractivity contribution in [1.29, 1.82) is 0 Å². The Morgan fingerprint density at radius 3 is 2.78 bits per heavy atom. The quantitative estimate of drug-likeness (QED) is 0.865. The molecule has 2 fully saturated rings. The van der Waals surface area contributed by atoms with Crippen LogP contribution in [0.15, 0.2) is 18.2 Å². The van der Waals surface area contributed by atoms with Crippen molar-refractivity contribution in [2.24, 2.45) is 5.92 Å². The highest BCUT2D eigenvalue weighted by Gasteiger charge is 2.48. The SMILES string of the molecule is O=C1CC[C@H](C(=O)N2CC3(CCCC3)c3c(F)cccc32)CN1. The molecule has 4 rings (SSSR count). The van der Waals surface area contributed by atoms with E-state index in [1.165, 1.54) is 6.07 Å². The van der Waals surface area contributed by atoms with Gasteiger partial charge in [-0.3, -0.25) is 9.59 Å². The second-order valence-corrected chi connectivity index (χ2v) is 7.09. The van der Waals surface area contributed by atoms with E-state index in [-0.39, 0.29) is 29.0 Å². The third-order valence-electron chi connectivity index (χ3n) is 5.71. The van der Waals surface area contributed by atoms with Crippen LogP contribution in [0.2, 0.25) is 0 Å². The van der Waals surface area contributed by atoms with Gasteiger partial charge in [0, 0.05) is 30.5 Å². The molecule has 4 nitrogen and oxygen atoms in total. The van der Waals surface area contributed by atoms with Crippen molar-refractivity contribution < 1.29 is 14.0 Å². The van der Waals surface area contributed by atoms with E-state index in [2.05, 4.69) is 5.32 Å². The van der Waals surface area contributed by atoms with Gasteiger partial charge in [-0.05, 0) is 31.4 Å². The first-order valence-corrected chi connectivity index (χ1v) is 8.48. The average Bonchev–Trinajstić information content (AvgIpc) is 3.14. The topological polar surface area (TPSA) is 49.4 Å². The average molecular weight is 316 g/mol. The summed E-state index contributed by atoms with van der Waals surface area (Å²) in [5.74, 6) is -0.341. The maximum atomic E-state index is 14.5. The molecule has 1 spiro atoms. The van der Waals surface area contributed by atoms with Crippen LogP contribution in [-0.4, -0.2) is 24.9 Å². The van der Waals surface area contributed by atoms with Crippen LogP contribution in [0, 0.1) is 11.7 Å². The molecule has 3 aliphatic rings. The Morgan fingerprint density at radius 2 is 2.09 bits per heavy atom. The third kappa shape index (κ3) is 2.25. The Labute approximate surface area is 135 Å². The van der Waals surface area contributed by atoms with E-state index in [1.54, 1.807) is 11.0 Å². The number of piperidine rings is 1. The number of nitrogens with one attached hydrogen (secondary N) is 1. The summed E-state index contributed by atoms with van der Waals surface area (Å²) < 4.78 is 14.5. The summed E-state index contributed by atoms with van der Waals surface area (Å²) >= 11 is 0. The number of hydrogen-bond acceptors (Lipinski definition) is 2. The molecule has 2 aliphatic heterocycles. The summed E-state index contributed by atoms with van der Waals surface area (Å²) in [6.45, 7) is 0.984. The molecule has 0 radical (unpaired) electrons. The van der Waals surface area contributed by atoms with Gasteiger partial charge >= 0.3 is 0 Å². The maximum absolute atomic E-state index is 14.5. The molecule has 1 aromatic carbocycles. The van der Waals surface area contributed by atoms with Gasteiger partial charge in [-0.1, -0.05) is 18.9 Å². The normalized spacial score (nSPS) is 25.5. The third-order valence-corrected chi connectivity index (χ3v) is 5.71. The number of fused-ring (bicyclic) bond motifs is 2. The van der Waals surface area contributed by atoms with Crippen LogP contribution in [-0.2, 0) is 15.0 Å². The molecule has 5 heteroatoms. The lowest BCUT2D eigenvalue weighted by Crippen LogP contribution is -2.45. The second kappa shape index (κ2) is 5.32. The number of nitrogens with zero attached hydrogens (tertiary/aromatic N) is 1. The fourth-order valence-electron chi connectivity index (χ4n) is 4.55. The molecule has 0 unspecified atom stereocenters. The van der Waals surface area contributed by atoms with Gasteiger partial charge in [-0.2, -0.15) is 0 Å². The molecular formula is C18H21FN2O2. The number of carbonyl (C=O) groups is 2. The number of halogens is 1. The van der Waals surface area contributed by atoms with E-state index in [0.29, 0.717) is 25.9 Å². The van der Waals surface area contributed by atoms with Crippen molar-refractivity contribution in [3.05, 3.63) is 29.6 Å². The van der Waals surface area contributed by atoms with Gasteiger partial charge in [-0.15, -0.1) is 0 Å². The first-order valence-electron chi connectivity index (χ1n) is 8.48. The van der Waals surface area contributed by atoms with E-state index in [1.807, 2.05) is 6.07 Å². The van der Waals surface area contributed by atoms with Crippen LogP contribution >= 0.6 is 0 Å². The Hall–Kier alpha value is -1.91. The number of amides is 2. The van der Waals surface area contributed by atoms with E-state index in [9.17, 15) is 14.0 Å². The molecule has 1 aliphatic carbocycles. The van der Waals surface area contributed by atoms with Gasteiger partial charge in [-0.25, -0.2) is 4.39 Å². The molecule has 0 aromatic heterocycles.